The summed E-state index contributed by atoms with van der Waals surface area (Å²) in [6, 6.07) is 16.9. The van der Waals surface area contributed by atoms with E-state index in [9.17, 15) is 4.79 Å². The van der Waals surface area contributed by atoms with Crippen molar-refractivity contribution < 1.29 is 18.8 Å². The van der Waals surface area contributed by atoms with Crippen LogP contribution in [0.15, 0.2) is 71.5 Å². The van der Waals surface area contributed by atoms with E-state index in [1.807, 2.05) is 36.4 Å². The molecule has 29 heavy (non-hydrogen) atoms. The van der Waals surface area contributed by atoms with Crippen molar-refractivity contribution >= 4 is 11.6 Å². The van der Waals surface area contributed by atoms with Crippen LogP contribution in [-0.2, 0) is 6.54 Å². The van der Waals surface area contributed by atoms with E-state index in [1.165, 1.54) is 0 Å². The molecule has 1 aliphatic rings. The maximum absolute atomic E-state index is 12.5. The van der Waals surface area contributed by atoms with Gasteiger partial charge < -0.3 is 19.3 Å². The van der Waals surface area contributed by atoms with E-state index >= 15 is 0 Å². The highest BCUT2D eigenvalue weighted by molar-refractivity contribution is 6.03. The summed E-state index contributed by atoms with van der Waals surface area (Å²) in [5.74, 6) is 1.41. The van der Waals surface area contributed by atoms with E-state index in [4.69, 9.17) is 14.0 Å². The van der Waals surface area contributed by atoms with Crippen LogP contribution in [0, 0.1) is 0 Å². The molecular weight excluding hydrogens is 372 g/mol. The molecule has 0 unspecified atom stereocenters. The molecule has 1 N–H and O–H groups in total. The molecule has 4 aromatic rings. The maximum Gasteiger partial charge on any atom is 0.277 e. The fourth-order valence-corrected chi connectivity index (χ4v) is 3.05. The molecular formula is C21H16N4O4. The maximum atomic E-state index is 12.5. The van der Waals surface area contributed by atoms with Gasteiger partial charge in [-0.2, -0.15) is 5.10 Å². The summed E-state index contributed by atoms with van der Waals surface area (Å²) < 4.78 is 17.7. The monoisotopic (exact) mass is 388 g/mol. The third-order valence-corrected chi connectivity index (χ3v) is 4.48. The summed E-state index contributed by atoms with van der Waals surface area (Å²) in [5, 5.41) is 10.9. The van der Waals surface area contributed by atoms with Gasteiger partial charge in [0, 0.05) is 17.8 Å². The van der Waals surface area contributed by atoms with Gasteiger partial charge in [-0.1, -0.05) is 35.5 Å². The molecule has 5 rings (SSSR count). The minimum absolute atomic E-state index is 0.175. The van der Waals surface area contributed by atoms with Crippen molar-refractivity contribution in [1.29, 1.82) is 0 Å². The molecule has 0 bridgehead atoms. The molecule has 0 radical (unpaired) electrons. The number of aromatic nitrogens is 3. The zero-order chi connectivity index (χ0) is 19.6. The zero-order valence-corrected chi connectivity index (χ0v) is 15.2. The van der Waals surface area contributed by atoms with E-state index in [0.717, 1.165) is 11.1 Å². The number of rotatable bonds is 5. The zero-order valence-electron chi connectivity index (χ0n) is 15.2. The summed E-state index contributed by atoms with van der Waals surface area (Å²) in [5.41, 5.74) is 2.63. The van der Waals surface area contributed by atoms with Crippen LogP contribution < -0.4 is 14.8 Å². The van der Waals surface area contributed by atoms with Gasteiger partial charge in [0.05, 0.1) is 18.4 Å². The number of hydrogen-bond acceptors (Lipinski definition) is 6. The van der Waals surface area contributed by atoms with Gasteiger partial charge in [-0.15, -0.1) is 0 Å². The van der Waals surface area contributed by atoms with Crippen molar-refractivity contribution in [1.82, 2.24) is 14.9 Å². The molecule has 0 saturated heterocycles. The Bertz CT molecular complexity index is 1170. The number of amides is 1. The van der Waals surface area contributed by atoms with Gasteiger partial charge in [-0.3, -0.25) is 9.48 Å². The average Bonchev–Trinajstić information content (AvgIpc) is 3.49. The quantitative estimate of drug-likeness (QED) is 0.562. The standard InChI is InChI=1S/C21H16N4O4/c26-21(23-16-10-22-25(12-16)11-14-4-2-1-3-5-14)17-9-19(29-24-17)15-6-7-18-20(8-15)28-13-27-18/h1-10,12H,11,13H2,(H,23,26). The molecule has 1 aliphatic heterocycles. The minimum atomic E-state index is -0.375. The van der Waals surface area contributed by atoms with Crippen LogP contribution in [0.2, 0.25) is 0 Å². The van der Waals surface area contributed by atoms with Gasteiger partial charge in [0.1, 0.15) is 0 Å². The minimum Gasteiger partial charge on any atom is -0.454 e. The van der Waals surface area contributed by atoms with Crippen molar-refractivity contribution in [3.05, 3.63) is 78.2 Å². The van der Waals surface area contributed by atoms with E-state index in [-0.39, 0.29) is 18.4 Å². The number of carbonyl (C=O) groups is 1. The molecule has 2 aromatic heterocycles. The molecule has 0 spiro atoms. The number of fused-ring (bicyclic) bond motifs is 1. The van der Waals surface area contributed by atoms with Gasteiger partial charge in [-0.25, -0.2) is 0 Å². The highest BCUT2D eigenvalue weighted by Crippen LogP contribution is 2.36. The molecule has 0 aliphatic carbocycles. The number of benzene rings is 2. The van der Waals surface area contributed by atoms with Gasteiger partial charge in [0.2, 0.25) is 6.79 Å². The van der Waals surface area contributed by atoms with E-state index in [2.05, 4.69) is 15.6 Å². The summed E-state index contributed by atoms with van der Waals surface area (Å²) in [6.07, 6.45) is 3.36. The first-order valence-corrected chi connectivity index (χ1v) is 8.99. The molecule has 0 fully saturated rings. The largest absolute Gasteiger partial charge is 0.454 e. The van der Waals surface area contributed by atoms with Gasteiger partial charge in [0.25, 0.3) is 5.91 Å². The predicted octanol–water partition coefficient (Wildman–Crippen LogP) is 3.57. The lowest BCUT2D eigenvalue weighted by Crippen LogP contribution is -2.11. The molecule has 8 heteroatoms. The normalized spacial score (nSPS) is 12.1. The average molecular weight is 388 g/mol. The molecule has 144 valence electrons. The molecule has 3 heterocycles. The van der Waals surface area contributed by atoms with Crippen LogP contribution >= 0.6 is 0 Å². The second-order valence-corrected chi connectivity index (χ2v) is 6.51. The third kappa shape index (κ3) is 3.55. The van der Waals surface area contributed by atoms with E-state index in [1.54, 1.807) is 35.3 Å². The fourth-order valence-electron chi connectivity index (χ4n) is 3.05. The number of carbonyl (C=O) groups excluding carboxylic acids is 1. The second kappa shape index (κ2) is 7.16. The first-order chi connectivity index (χ1) is 14.2. The van der Waals surface area contributed by atoms with E-state index < -0.39 is 0 Å². The Kier molecular flexibility index (Phi) is 4.21. The Morgan fingerprint density at radius 3 is 2.83 bits per heavy atom. The number of ether oxygens (including phenoxy) is 2. The molecule has 8 nitrogen and oxygen atoms in total. The summed E-state index contributed by atoms with van der Waals surface area (Å²) >= 11 is 0. The number of hydrogen-bond donors (Lipinski definition) is 1. The van der Waals surface area contributed by atoms with E-state index in [0.29, 0.717) is 29.5 Å². The highest BCUT2D eigenvalue weighted by Gasteiger charge is 2.18. The van der Waals surface area contributed by atoms with Crippen molar-refractivity contribution in [2.75, 3.05) is 12.1 Å². The first-order valence-electron chi connectivity index (χ1n) is 8.99. The van der Waals surface area contributed by atoms with Gasteiger partial charge in [-0.05, 0) is 23.8 Å². The van der Waals surface area contributed by atoms with Crippen molar-refractivity contribution in [2.24, 2.45) is 0 Å². The predicted molar refractivity (Wildman–Crippen MR) is 104 cm³/mol. The van der Waals surface area contributed by atoms with Crippen molar-refractivity contribution in [2.45, 2.75) is 6.54 Å². The Morgan fingerprint density at radius 1 is 1.07 bits per heavy atom. The molecule has 0 atom stereocenters. The third-order valence-electron chi connectivity index (χ3n) is 4.48. The Labute approximate surface area is 165 Å². The van der Waals surface area contributed by atoms with Crippen LogP contribution in [0.1, 0.15) is 16.1 Å². The first kappa shape index (κ1) is 17.1. The summed E-state index contributed by atoms with van der Waals surface area (Å²) in [4.78, 5) is 12.5. The Morgan fingerprint density at radius 2 is 1.93 bits per heavy atom. The molecule has 1 amide bonds. The van der Waals surface area contributed by atoms with Crippen LogP contribution in [0.25, 0.3) is 11.3 Å². The lowest BCUT2D eigenvalue weighted by Gasteiger charge is -2.01. The Balaban J connectivity index is 1.27. The fraction of sp³-hybridized carbons (Fsp3) is 0.0952. The van der Waals surface area contributed by atoms with Gasteiger partial charge >= 0.3 is 0 Å². The van der Waals surface area contributed by atoms with Crippen LogP contribution in [0.5, 0.6) is 11.5 Å². The van der Waals surface area contributed by atoms with Crippen molar-refractivity contribution in [3.8, 4) is 22.8 Å². The smallest absolute Gasteiger partial charge is 0.277 e. The highest BCUT2D eigenvalue weighted by atomic mass is 16.7. The van der Waals surface area contributed by atoms with Crippen LogP contribution in [-0.4, -0.2) is 27.6 Å². The molecule has 0 saturated carbocycles. The number of anilines is 1. The summed E-state index contributed by atoms with van der Waals surface area (Å²) in [7, 11) is 0. The topological polar surface area (TPSA) is 91.4 Å². The lowest BCUT2D eigenvalue weighted by atomic mass is 10.1. The van der Waals surface area contributed by atoms with Crippen LogP contribution in [0.4, 0.5) is 5.69 Å². The summed E-state index contributed by atoms with van der Waals surface area (Å²) in [6.45, 7) is 0.815. The molecule has 2 aromatic carbocycles. The Hall–Kier alpha value is -4.07. The number of nitrogens with one attached hydrogen (secondary N) is 1. The lowest BCUT2D eigenvalue weighted by molar-refractivity contribution is 0.101. The second-order valence-electron chi connectivity index (χ2n) is 6.51. The SMILES string of the molecule is O=C(Nc1cnn(Cc2ccccc2)c1)c1cc(-c2ccc3c(c2)OCO3)on1. The van der Waals surface area contributed by atoms with Gasteiger partial charge in [0.15, 0.2) is 23.0 Å². The number of nitrogens with zero attached hydrogens (tertiary/aromatic N) is 3. The van der Waals surface area contributed by atoms with Crippen molar-refractivity contribution in [3.63, 3.8) is 0 Å². The van der Waals surface area contributed by atoms with Crippen LogP contribution in [0.3, 0.4) is 0 Å².